The first-order valence-corrected chi connectivity index (χ1v) is 4.33. The summed E-state index contributed by atoms with van der Waals surface area (Å²) in [5.74, 6) is 0. The molecule has 0 aromatic carbocycles. The molecule has 0 saturated carbocycles. The van der Waals surface area contributed by atoms with Crippen molar-refractivity contribution in [3.05, 3.63) is 24.3 Å². The Balaban J connectivity index is 2.61. The Kier molecular flexibility index (Phi) is 2.12. The van der Waals surface area contributed by atoms with Gasteiger partial charge in [0.25, 0.3) is 0 Å². The average molecular weight is 174 g/mol. The highest BCUT2D eigenvalue weighted by molar-refractivity contribution is 5.75. The molecule has 0 aliphatic carbocycles. The predicted octanol–water partition coefficient (Wildman–Crippen LogP) is 1.37. The summed E-state index contributed by atoms with van der Waals surface area (Å²) in [6, 6.07) is 1.91. The lowest BCUT2D eigenvalue weighted by Gasteiger charge is -2.00. The van der Waals surface area contributed by atoms with E-state index in [0.29, 0.717) is 5.65 Å². The van der Waals surface area contributed by atoms with Crippen LogP contribution in [0.25, 0.3) is 11.0 Å². The molecule has 0 radical (unpaired) electrons. The molecule has 13 heavy (non-hydrogen) atoms. The Morgan fingerprint density at radius 2 is 2.23 bits per heavy atom. The topological polar surface area (TPSA) is 51.6 Å². The van der Waals surface area contributed by atoms with E-state index in [-0.39, 0.29) is 0 Å². The van der Waals surface area contributed by atoms with E-state index < -0.39 is 0 Å². The second-order valence-electron chi connectivity index (χ2n) is 2.84. The molecule has 0 unspecified atom stereocenters. The number of fused-ring (bicyclic) bond motifs is 1. The summed E-state index contributed by atoms with van der Waals surface area (Å²) in [7, 11) is 0. The van der Waals surface area contributed by atoms with Gasteiger partial charge in [-0.05, 0) is 12.5 Å². The van der Waals surface area contributed by atoms with Gasteiger partial charge in [0.05, 0.1) is 11.9 Å². The minimum atomic E-state index is 0.681. The maximum atomic E-state index is 4.22. The lowest BCUT2D eigenvalue weighted by atomic mass is 10.2. The number of nitrogens with zero attached hydrogens (tertiary/aromatic N) is 4. The Bertz CT molecular complexity index is 408. The first-order chi connectivity index (χ1) is 6.42. The van der Waals surface area contributed by atoms with Crippen molar-refractivity contribution in [1.29, 1.82) is 0 Å². The zero-order valence-electron chi connectivity index (χ0n) is 7.44. The van der Waals surface area contributed by atoms with Crippen LogP contribution in [0.1, 0.15) is 19.0 Å². The fourth-order valence-electron chi connectivity index (χ4n) is 1.30. The van der Waals surface area contributed by atoms with Crippen molar-refractivity contribution >= 4 is 11.0 Å². The maximum Gasteiger partial charge on any atom is 0.185 e. The normalized spacial score (nSPS) is 10.5. The highest BCUT2D eigenvalue weighted by Crippen LogP contribution is 2.11. The fraction of sp³-hybridized carbons (Fsp3) is 0.333. The van der Waals surface area contributed by atoms with E-state index in [2.05, 4.69) is 27.1 Å². The van der Waals surface area contributed by atoms with E-state index in [4.69, 9.17) is 0 Å². The molecule has 0 bridgehead atoms. The molecule has 66 valence electrons. The molecular formula is C9H10N4. The van der Waals surface area contributed by atoms with Crippen LogP contribution in [0.3, 0.4) is 0 Å². The van der Waals surface area contributed by atoms with E-state index >= 15 is 0 Å². The summed E-state index contributed by atoms with van der Waals surface area (Å²) in [4.78, 5) is 8.26. The molecule has 0 spiro atoms. The van der Waals surface area contributed by atoms with Crippen molar-refractivity contribution in [3.63, 3.8) is 0 Å². The van der Waals surface area contributed by atoms with E-state index in [0.717, 1.165) is 23.9 Å². The van der Waals surface area contributed by atoms with Crippen LogP contribution < -0.4 is 0 Å². The van der Waals surface area contributed by atoms with Gasteiger partial charge in [0.2, 0.25) is 0 Å². The quantitative estimate of drug-likeness (QED) is 0.690. The van der Waals surface area contributed by atoms with E-state index in [1.54, 1.807) is 12.5 Å². The van der Waals surface area contributed by atoms with Crippen LogP contribution in [0.2, 0.25) is 0 Å². The number of aromatic nitrogens is 4. The van der Waals surface area contributed by atoms with Crippen LogP contribution in [-0.4, -0.2) is 20.2 Å². The Labute approximate surface area is 76.1 Å². The standard InChI is InChI=1S/C9H10N4/c1-2-3-8-7-4-5-12-13-9(7)11-6-10-8/h4-6H,2-3H2,1H3. The summed E-state index contributed by atoms with van der Waals surface area (Å²) in [6.07, 6.45) is 5.26. The van der Waals surface area contributed by atoms with Gasteiger partial charge in [0, 0.05) is 5.39 Å². The highest BCUT2D eigenvalue weighted by atomic mass is 15.1. The third-order valence-corrected chi connectivity index (χ3v) is 1.89. The van der Waals surface area contributed by atoms with Gasteiger partial charge in [-0.15, -0.1) is 5.10 Å². The molecule has 0 fully saturated rings. The molecule has 2 heterocycles. The van der Waals surface area contributed by atoms with Crippen molar-refractivity contribution in [3.8, 4) is 0 Å². The molecule has 0 atom stereocenters. The fourth-order valence-corrected chi connectivity index (χ4v) is 1.30. The van der Waals surface area contributed by atoms with Crippen molar-refractivity contribution in [2.24, 2.45) is 0 Å². The number of aryl methyl sites for hydroxylation is 1. The lowest BCUT2D eigenvalue weighted by Crippen LogP contribution is -1.95. The SMILES string of the molecule is CCCc1ncnc2nnccc12. The van der Waals surface area contributed by atoms with Gasteiger partial charge in [0.15, 0.2) is 5.65 Å². The Hall–Kier alpha value is -1.58. The zero-order chi connectivity index (χ0) is 9.10. The second-order valence-corrected chi connectivity index (χ2v) is 2.84. The van der Waals surface area contributed by atoms with E-state index in [1.165, 1.54) is 0 Å². The molecular weight excluding hydrogens is 164 g/mol. The molecule has 0 N–H and O–H groups in total. The summed E-state index contributed by atoms with van der Waals surface area (Å²) in [5, 5.41) is 8.71. The number of hydrogen-bond acceptors (Lipinski definition) is 4. The van der Waals surface area contributed by atoms with Crippen molar-refractivity contribution < 1.29 is 0 Å². The molecule has 0 aliphatic rings. The maximum absolute atomic E-state index is 4.22. The zero-order valence-corrected chi connectivity index (χ0v) is 7.44. The average Bonchev–Trinajstić information content (AvgIpc) is 2.19. The summed E-state index contributed by atoms with van der Waals surface area (Å²) in [5.41, 5.74) is 1.74. The molecule has 4 nitrogen and oxygen atoms in total. The minimum absolute atomic E-state index is 0.681. The van der Waals surface area contributed by atoms with Crippen LogP contribution in [0.4, 0.5) is 0 Å². The van der Waals surface area contributed by atoms with Gasteiger partial charge in [0.1, 0.15) is 6.33 Å². The number of rotatable bonds is 2. The van der Waals surface area contributed by atoms with Crippen molar-refractivity contribution in [2.75, 3.05) is 0 Å². The molecule has 2 aromatic rings. The van der Waals surface area contributed by atoms with Gasteiger partial charge in [-0.3, -0.25) is 0 Å². The van der Waals surface area contributed by atoms with Gasteiger partial charge in [-0.25, -0.2) is 9.97 Å². The van der Waals surface area contributed by atoms with Gasteiger partial charge < -0.3 is 0 Å². The lowest BCUT2D eigenvalue weighted by molar-refractivity contribution is 0.881. The van der Waals surface area contributed by atoms with E-state index in [9.17, 15) is 0 Å². The summed E-state index contributed by atoms with van der Waals surface area (Å²) >= 11 is 0. The smallest absolute Gasteiger partial charge is 0.185 e. The van der Waals surface area contributed by atoms with Crippen LogP contribution in [-0.2, 0) is 6.42 Å². The molecule has 2 rings (SSSR count). The molecule has 2 aromatic heterocycles. The highest BCUT2D eigenvalue weighted by Gasteiger charge is 2.02. The van der Waals surface area contributed by atoms with Crippen LogP contribution >= 0.6 is 0 Å². The molecule has 4 heteroatoms. The predicted molar refractivity (Wildman–Crippen MR) is 49.1 cm³/mol. The molecule has 0 amide bonds. The second kappa shape index (κ2) is 3.43. The van der Waals surface area contributed by atoms with Gasteiger partial charge in [-0.2, -0.15) is 5.10 Å². The first kappa shape index (κ1) is 8.04. The molecule has 0 saturated heterocycles. The van der Waals surface area contributed by atoms with Crippen LogP contribution in [0, 0.1) is 0 Å². The van der Waals surface area contributed by atoms with E-state index in [1.807, 2.05) is 6.07 Å². The van der Waals surface area contributed by atoms with Crippen molar-refractivity contribution in [2.45, 2.75) is 19.8 Å². The van der Waals surface area contributed by atoms with Crippen LogP contribution in [0.15, 0.2) is 18.6 Å². The Morgan fingerprint density at radius 3 is 3.08 bits per heavy atom. The van der Waals surface area contributed by atoms with Crippen LogP contribution in [0.5, 0.6) is 0 Å². The summed E-state index contributed by atoms with van der Waals surface area (Å²) < 4.78 is 0. The first-order valence-electron chi connectivity index (χ1n) is 4.33. The monoisotopic (exact) mass is 174 g/mol. The summed E-state index contributed by atoms with van der Waals surface area (Å²) in [6.45, 7) is 2.13. The van der Waals surface area contributed by atoms with Crippen molar-refractivity contribution in [1.82, 2.24) is 20.2 Å². The Morgan fingerprint density at radius 1 is 1.31 bits per heavy atom. The largest absolute Gasteiger partial charge is 0.241 e. The third-order valence-electron chi connectivity index (χ3n) is 1.89. The van der Waals surface area contributed by atoms with Gasteiger partial charge >= 0.3 is 0 Å². The van der Waals surface area contributed by atoms with Gasteiger partial charge in [-0.1, -0.05) is 13.3 Å². The number of hydrogen-bond donors (Lipinski definition) is 0. The third kappa shape index (κ3) is 1.47. The molecule has 0 aliphatic heterocycles. The minimum Gasteiger partial charge on any atom is -0.241 e.